The first-order valence-electron chi connectivity index (χ1n) is 3.46. The van der Waals surface area contributed by atoms with Gasteiger partial charge in [0.2, 0.25) is 0 Å². The Labute approximate surface area is 81.7 Å². The van der Waals surface area contributed by atoms with Crippen molar-refractivity contribution in [3.8, 4) is 0 Å². The summed E-state index contributed by atoms with van der Waals surface area (Å²) in [6.07, 6.45) is 0. The van der Waals surface area contributed by atoms with Gasteiger partial charge in [-0.05, 0) is 24.3 Å². The molecule has 0 amide bonds. The van der Waals surface area contributed by atoms with Crippen molar-refractivity contribution >= 4 is 34.5 Å². The van der Waals surface area contributed by atoms with Crippen molar-refractivity contribution in [2.75, 3.05) is 11.9 Å². The second kappa shape index (κ2) is 4.28. The molecule has 0 bridgehead atoms. The average molecular weight is 201 g/mol. The Morgan fingerprint density at radius 1 is 1.42 bits per heavy atom. The van der Waals surface area contributed by atoms with Gasteiger partial charge in [-0.3, -0.25) is 0 Å². The van der Waals surface area contributed by atoms with Gasteiger partial charge in [-0.25, -0.2) is 0 Å². The summed E-state index contributed by atoms with van der Waals surface area (Å²) >= 11 is 10.4. The highest BCUT2D eigenvalue weighted by molar-refractivity contribution is 7.80. The molecule has 0 spiro atoms. The molecule has 0 radical (unpaired) electrons. The van der Waals surface area contributed by atoms with Gasteiger partial charge in [-0.15, -0.1) is 0 Å². The van der Waals surface area contributed by atoms with E-state index in [-0.39, 0.29) is 0 Å². The highest BCUT2D eigenvalue weighted by atomic mass is 35.5. The zero-order chi connectivity index (χ0) is 8.97. The minimum Gasteiger partial charge on any atom is -0.392 e. The van der Waals surface area contributed by atoms with Gasteiger partial charge >= 0.3 is 0 Å². The Morgan fingerprint density at radius 2 is 2.00 bits per heavy atom. The molecular formula is C8H9ClN2S. The molecule has 3 N–H and O–H groups in total. The Balaban J connectivity index is 2.53. The third kappa shape index (κ3) is 3.07. The van der Waals surface area contributed by atoms with Gasteiger partial charge in [0.25, 0.3) is 0 Å². The van der Waals surface area contributed by atoms with Crippen molar-refractivity contribution in [1.82, 2.24) is 0 Å². The molecule has 0 saturated carbocycles. The zero-order valence-corrected chi connectivity index (χ0v) is 7.95. The fourth-order valence-corrected chi connectivity index (χ4v) is 0.955. The summed E-state index contributed by atoms with van der Waals surface area (Å²) in [6, 6.07) is 7.37. The Morgan fingerprint density at radius 3 is 2.50 bits per heavy atom. The van der Waals surface area contributed by atoms with Crippen LogP contribution < -0.4 is 11.1 Å². The number of hydrogen-bond acceptors (Lipinski definition) is 2. The molecule has 0 unspecified atom stereocenters. The van der Waals surface area contributed by atoms with Crippen LogP contribution in [0, 0.1) is 0 Å². The number of rotatable bonds is 3. The molecule has 2 nitrogen and oxygen atoms in total. The molecule has 0 aliphatic rings. The van der Waals surface area contributed by atoms with E-state index in [4.69, 9.17) is 29.6 Å². The largest absolute Gasteiger partial charge is 0.392 e. The molecule has 0 saturated heterocycles. The molecule has 0 fully saturated rings. The maximum Gasteiger partial charge on any atom is 0.0921 e. The number of nitrogens with one attached hydrogen (secondary N) is 1. The molecule has 64 valence electrons. The average Bonchev–Trinajstić information content (AvgIpc) is 2.03. The lowest BCUT2D eigenvalue weighted by atomic mass is 10.3. The normalized spacial score (nSPS) is 9.42. The fourth-order valence-electron chi connectivity index (χ4n) is 0.757. The summed E-state index contributed by atoms with van der Waals surface area (Å²) in [4.78, 5) is 0.449. The monoisotopic (exact) mass is 200 g/mol. The first kappa shape index (κ1) is 9.29. The smallest absolute Gasteiger partial charge is 0.0921 e. The second-order valence-corrected chi connectivity index (χ2v) is 3.29. The van der Waals surface area contributed by atoms with Crippen molar-refractivity contribution in [3.63, 3.8) is 0 Å². The molecule has 1 rings (SSSR count). The lowest BCUT2D eigenvalue weighted by Gasteiger charge is -2.03. The van der Waals surface area contributed by atoms with Gasteiger partial charge in [0.15, 0.2) is 0 Å². The van der Waals surface area contributed by atoms with Crippen LogP contribution in [0.1, 0.15) is 0 Å². The standard InChI is InChI=1S/C8H9ClN2S/c9-6-1-3-7(4-2-6)11-5-8(10)12/h1-4,11H,5H2,(H2,10,12). The van der Waals surface area contributed by atoms with Crippen molar-refractivity contribution in [2.24, 2.45) is 5.73 Å². The molecule has 0 aromatic heterocycles. The van der Waals surface area contributed by atoms with E-state index in [0.29, 0.717) is 11.5 Å². The molecule has 0 atom stereocenters. The number of benzene rings is 1. The van der Waals surface area contributed by atoms with Crippen LogP contribution in [-0.4, -0.2) is 11.5 Å². The highest BCUT2D eigenvalue weighted by Crippen LogP contribution is 2.12. The quantitative estimate of drug-likeness (QED) is 0.734. The predicted octanol–water partition coefficient (Wildman–Crippen LogP) is 2.04. The lowest BCUT2D eigenvalue weighted by Crippen LogP contribution is -2.19. The van der Waals surface area contributed by atoms with Gasteiger partial charge in [0, 0.05) is 10.7 Å². The van der Waals surface area contributed by atoms with Crippen LogP contribution >= 0.6 is 23.8 Å². The van der Waals surface area contributed by atoms with E-state index in [1.54, 1.807) is 0 Å². The van der Waals surface area contributed by atoms with Crippen LogP contribution in [0.4, 0.5) is 5.69 Å². The van der Waals surface area contributed by atoms with Crippen LogP contribution in [-0.2, 0) is 0 Å². The topological polar surface area (TPSA) is 38.0 Å². The fraction of sp³-hybridized carbons (Fsp3) is 0.125. The molecule has 12 heavy (non-hydrogen) atoms. The summed E-state index contributed by atoms with van der Waals surface area (Å²) in [5.74, 6) is 0. The maximum absolute atomic E-state index is 5.70. The molecule has 1 aromatic rings. The summed E-state index contributed by atoms with van der Waals surface area (Å²) in [6.45, 7) is 0.511. The van der Waals surface area contributed by atoms with Crippen LogP contribution in [0.2, 0.25) is 5.02 Å². The van der Waals surface area contributed by atoms with E-state index in [0.717, 1.165) is 10.7 Å². The highest BCUT2D eigenvalue weighted by Gasteiger charge is 1.91. The number of thiocarbonyl (C=S) groups is 1. The van der Waals surface area contributed by atoms with Crippen molar-refractivity contribution in [3.05, 3.63) is 29.3 Å². The summed E-state index contributed by atoms with van der Waals surface area (Å²) in [5.41, 5.74) is 6.28. The molecule has 0 aliphatic heterocycles. The third-order valence-electron chi connectivity index (χ3n) is 1.31. The second-order valence-electron chi connectivity index (χ2n) is 2.33. The molecule has 4 heteroatoms. The first-order valence-corrected chi connectivity index (χ1v) is 4.25. The molecular weight excluding hydrogens is 192 g/mol. The molecule has 1 aromatic carbocycles. The number of nitrogens with two attached hydrogens (primary N) is 1. The number of halogens is 1. The summed E-state index contributed by atoms with van der Waals surface area (Å²) in [5, 5.41) is 3.76. The number of hydrogen-bond donors (Lipinski definition) is 2. The van der Waals surface area contributed by atoms with E-state index in [1.807, 2.05) is 24.3 Å². The zero-order valence-electron chi connectivity index (χ0n) is 6.38. The van der Waals surface area contributed by atoms with Crippen molar-refractivity contribution in [2.45, 2.75) is 0 Å². The van der Waals surface area contributed by atoms with E-state index in [2.05, 4.69) is 5.32 Å². The van der Waals surface area contributed by atoms with Crippen LogP contribution in [0.3, 0.4) is 0 Å². The van der Waals surface area contributed by atoms with Crippen molar-refractivity contribution in [1.29, 1.82) is 0 Å². The van der Waals surface area contributed by atoms with Gasteiger partial charge in [-0.1, -0.05) is 23.8 Å². The van der Waals surface area contributed by atoms with E-state index in [9.17, 15) is 0 Å². The van der Waals surface area contributed by atoms with Gasteiger partial charge in [0.05, 0.1) is 11.5 Å². The Hall–Kier alpha value is -0.800. The Bertz CT molecular complexity index is 271. The summed E-state index contributed by atoms with van der Waals surface area (Å²) < 4.78 is 0. The van der Waals surface area contributed by atoms with Crippen LogP contribution in [0.25, 0.3) is 0 Å². The summed E-state index contributed by atoms with van der Waals surface area (Å²) in [7, 11) is 0. The van der Waals surface area contributed by atoms with E-state index >= 15 is 0 Å². The van der Waals surface area contributed by atoms with Crippen LogP contribution in [0.15, 0.2) is 24.3 Å². The molecule has 0 heterocycles. The van der Waals surface area contributed by atoms with E-state index < -0.39 is 0 Å². The number of anilines is 1. The first-order chi connectivity index (χ1) is 5.68. The van der Waals surface area contributed by atoms with Crippen molar-refractivity contribution < 1.29 is 0 Å². The minimum atomic E-state index is 0.449. The van der Waals surface area contributed by atoms with Gasteiger partial charge < -0.3 is 11.1 Å². The van der Waals surface area contributed by atoms with Crippen LogP contribution in [0.5, 0.6) is 0 Å². The Kier molecular flexibility index (Phi) is 3.31. The maximum atomic E-state index is 5.70. The third-order valence-corrected chi connectivity index (χ3v) is 1.71. The predicted molar refractivity (Wildman–Crippen MR) is 56.7 cm³/mol. The van der Waals surface area contributed by atoms with Gasteiger partial charge in [0.1, 0.15) is 0 Å². The SMILES string of the molecule is NC(=S)CNc1ccc(Cl)cc1. The van der Waals surface area contributed by atoms with Gasteiger partial charge in [-0.2, -0.15) is 0 Å². The van der Waals surface area contributed by atoms with E-state index in [1.165, 1.54) is 0 Å². The lowest BCUT2D eigenvalue weighted by molar-refractivity contribution is 1.38. The molecule has 0 aliphatic carbocycles. The minimum absolute atomic E-state index is 0.449.